The fourth-order valence-electron chi connectivity index (χ4n) is 6.81. The third-order valence-electron chi connectivity index (χ3n) is 9.74. The highest BCUT2D eigenvalue weighted by Gasteiger charge is 2.23. The van der Waals surface area contributed by atoms with Crippen molar-refractivity contribution < 1.29 is 28.7 Å². The van der Waals surface area contributed by atoms with Crippen LogP contribution in [-0.2, 0) is 24.4 Å². The molecular formula is C45H57N15O6. The Bertz CT molecular complexity index is 2810. The number of imidazole rings is 2. The Hall–Kier alpha value is -8.12. The number of hydrogen-bond donors (Lipinski definition) is 7. The number of likely N-dealkylation sites (N-methyl/N-ethyl adjacent to an activating group) is 1. The number of aliphatic imine (C=N–C) groups is 1. The molecule has 0 atom stereocenters. The van der Waals surface area contributed by atoms with Gasteiger partial charge in [-0.2, -0.15) is 5.10 Å². The lowest BCUT2D eigenvalue weighted by atomic mass is 10.1. The maximum Gasteiger partial charge on any atom is 0.276 e. The summed E-state index contributed by atoms with van der Waals surface area (Å²) < 4.78 is 16.9. The summed E-state index contributed by atoms with van der Waals surface area (Å²) in [6.07, 6.45) is 7.00. The molecule has 3 aromatic heterocycles. The molecule has 2 aromatic carbocycles. The van der Waals surface area contributed by atoms with Crippen LogP contribution in [0.5, 0.6) is 11.5 Å². The second kappa shape index (κ2) is 22.5. The van der Waals surface area contributed by atoms with Gasteiger partial charge in [0, 0.05) is 61.9 Å². The van der Waals surface area contributed by atoms with Crippen molar-refractivity contribution in [1.82, 2.24) is 44.6 Å². The summed E-state index contributed by atoms with van der Waals surface area (Å²) >= 11 is 0. The van der Waals surface area contributed by atoms with Crippen LogP contribution in [0.1, 0.15) is 71.5 Å². The van der Waals surface area contributed by atoms with E-state index >= 15 is 0 Å². The van der Waals surface area contributed by atoms with Crippen LogP contribution in [0.25, 0.3) is 22.1 Å². The number of carbonyl (C=O) groups excluding carboxylic acids is 4. The van der Waals surface area contributed by atoms with Crippen molar-refractivity contribution in [1.29, 1.82) is 0 Å². The topological polar surface area (TPSA) is 282 Å². The summed E-state index contributed by atoms with van der Waals surface area (Å²) in [6, 6.07) is 7.71. The lowest BCUT2D eigenvalue weighted by Gasteiger charge is -2.13. The first-order valence-electron chi connectivity index (χ1n) is 21.2. The van der Waals surface area contributed by atoms with Gasteiger partial charge in [0.05, 0.1) is 36.9 Å². The fourth-order valence-corrected chi connectivity index (χ4v) is 6.81. The highest BCUT2D eigenvalue weighted by atomic mass is 16.5. The van der Waals surface area contributed by atoms with E-state index in [1.807, 2.05) is 45.1 Å². The molecule has 1 aliphatic rings. The number of carbonyl (C=O) groups is 4. The molecule has 0 fully saturated rings. The molecule has 4 heterocycles. The molecule has 0 unspecified atom stereocenters. The Morgan fingerprint density at radius 2 is 1.50 bits per heavy atom. The van der Waals surface area contributed by atoms with Crippen molar-refractivity contribution in [3.8, 4) is 23.3 Å². The van der Waals surface area contributed by atoms with Gasteiger partial charge in [-0.15, -0.1) is 0 Å². The van der Waals surface area contributed by atoms with Gasteiger partial charge in [-0.1, -0.05) is 37.8 Å². The van der Waals surface area contributed by atoms with Gasteiger partial charge < -0.3 is 46.1 Å². The van der Waals surface area contributed by atoms with Gasteiger partial charge in [0.25, 0.3) is 11.8 Å². The molecule has 10 N–H and O–H groups in total. The van der Waals surface area contributed by atoms with Crippen LogP contribution in [0.2, 0.25) is 0 Å². The van der Waals surface area contributed by atoms with Crippen LogP contribution in [0.15, 0.2) is 71.1 Å². The molecule has 6 rings (SSSR count). The summed E-state index contributed by atoms with van der Waals surface area (Å²) in [5.41, 5.74) is 24.8. The number of ether oxygens (including phenoxy) is 2. The lowest BCUT2D eigenvalue weighted by molar-refractivity contribution is -0.110. The molecule has 0 spiro atoms. The molecule has 21 nitrogen and oxygen atoms in total. The van der Waals surface area contributed by atoms with E-state index in [1.54, 1.807) is 46.7 Å². The Labute approximate surface area is 382 Å². The van der Waals surface area contributed by atoms with Gasteiger partial charge in [0.2, 0.25) is 23.7 Å². The van der Waals surface area contributed by atoms with E-state index in [1.165, 1.54) is 37.5 Å². The smallest absolute Gasteiger partial charge is 0.276 e. The quantitative estimate of drug-likeness (QED) is 0.0379. The first kappa shape index (κ1) is 48.9. The van der Waals surface area contributed by atoms with E-state index in [9.17, 15) is 19.2 Å². The van der Waals surface area contributed by atoms with E-state index in [2.05, 4.69) is 48.3 Å². The Morgan fingerprint density at radius 3 is 2.05 bits per heavy atom. The minimum Gasteiger partial charge on any atom is -0.494 e. The summed E-state index contributed by atoms with van der Waals surface area (Å²) in [5, 5.41) is 15.1. The summed E-state index contributed by atoms with van der Waals surface area (Å²) in [6.45, 7) is 13.1. The van der Waals surface area contributed by atoms with Gasteiger partial charge in [0.15, 0.2) is 0 Å². The predicted molar refractivity (Wildman–Crippen MR) is 254 cm³/mol. The molecule has 5 aromatic rings. The average molecular weight is 904 g/mol. The monoisotopic (exact) mass is 903 g/mol. The maximum atomic E-state index is 13.7. The average Bonchev–Trinajstić information content (AvgIpc) is 4.08. The number of amides is 4. The van der Waals surface area contributed by atoms with Crippen LogP contribution in [0, 0.1) is 18.8 Å². The second-order valence-corrected chi connectivity index (χ2v) is 14.3. The van der Waals surface area contributed by atoms with E-state index in [0.29, 0.717) is 71.1 Å². The number of nitrogens with two attached hydrogens (primary N) is 3. The number of allylic oxidation sites excluding steroid dienone is 3. The normalized spacial score (nSPS) is 12.7. The molecule has 0 radical (unpaired) electrons. The van der Waals surface area contributed by atoms with Gasteiger partial charge in [-0.05, 0) is 64.1 Å². The van der Waals surface area contributed by atoms with E-state index in [-0.39, 0.29) is 54.2 Å². The first-order valence-corrected chi connectivity index (χ1v) is 21.2. The van der Waals surface area contributed by atoms with E-state index in [0.717, 1.165) is 5.70 Å². The highest BCUT2D eigenvalue weighted by Crippen LogP contribution is 2.33. The number of methoxy groups -OCH3 is 1. The van der Waals surface area contributed by atoms with Crippen LogP contribution in [0.4, 0.5) is 11.9 Å². The van der Waals surface area contributed by atoms with Crippen molar-refractivity contribution in [3.05, 3.63) is 88.7 Å². The predicted octanol–water partition coefficient (Wildman–Crippen LogP) is 3.18. The summed E-state index contributed by atoms with van der Waals surface area (Å²) in [4.78, 5) is 65.8. The third kappa shape index (κ3) is 11.5. The number of aryl methyl sites for hydroxylation is 2. The number of nitrogens with one attached hydrogen (secondary N) is 4. The third-order valence-corrected chi connectivity index (χ3v) is 9.74. The molecule has 1 aliphatic heterocycles. The molecule has 21 heteroatoms. The van der Waals surface area contributed by atoms with Crippen molar-refractivity contribution in [2.45, 2.75) is 61.2 Å². The first-order chi connectivity index (χ1) is 31.7. The van der Waals surface area contributed by atoms with Crippen molar-refractivity contribution in [2.24, 2.45) is 22.2 Å². The number of aromatic nitrogens is 6. The molecule has 66 heavy (non-hydrogen) atoms. The van der Waals surface area contributed by atoms with E-state index in [4.69, 9.17) is 31.7 Å². The van der Waals surface area contributed by atoms with Crippen LogP contribution < -0.4 is 48.1 Å². The SMILES string of the molecule is CC.CCN=C(/C=C(/C)N)C(=O)Nc1nc2cc(C(N)=O)cc(OCC#CCN3C=C(NC)CN3)c2n1C/C=C/Cn1c(NC(=O)c2cc(C)nn2CC)nc2cc(C(N)=O)cc(OC)c21. The van der Waals surface area contributed by atoms with Crippen molar-refractivity contribution in [2.75, 3.05) is 51.0 Å². The number of hydrogen-bond acceptors (Lipinski definition) is 14. The zero-order valence-corrected chi connectivity index (χ0v) is 38.4. The fraction of sp³-hybridized carbons (Fsp3) is 0.333. The number of hydrazine groups is 1. The standard InChI is InChI=1S/C43H51N15O6.C2H6/c1-7-48-32(17-25(3)44)40(61)52-42-51-31-20-28(39(46)60)22-35(64-16-12-11-13-55-24-29(47-5)23-49-55)37(31)57(42)15-10-9-14-56-36-30(19-27(38(45)59)21-34(36)63-6)50-43(56)53-41(62)33-18-26(4)54-58(33)8-2;1-2/h9-10,17-22,24,47,49H,7-8,13-16,23,44H2,1-6H3,(H2,45,59)(H2,46,60)(H,50,53,62)(H,51,52,61);1-2H3/b10-9+,25-17-,48-32?;. The lowest BCUT2D eigenvalue weighted by Crippen LogP contribution is -2.29. The number of nitrogens with zero attached hydrogens (tertiary/aromatic N) is 8. The number of rotatable bonds is 18. The molecule has 0 saturated heterocycles. The Kier molecular flexibility index (Phi) is 16.7. The number of benzene rings is 2. The summed E-state index contributed by atoms with van der Waals surface area (Å²) in [7, 11) is 3.29. The number of primary amides is 2. The van der Waals surface area contributed by atoms with Crippen molar-refractivity contribution in [3.63, 3.8) is 0 Å². The maximum absolute atomic E-state index is 13.7. The summed E-state index contributed by atoms with van der Waals surface area (Å²) in [5.74, 6) is 4.44. The second-order valence-electron chi connectivity index (χ2n) is 14.3. The minimum absolute atomic E-state index is 0.0511. The minimum atomic E-state index is -0.714. The Morgan fingerprint density at radius 1 is 0.894 bits per heavy atom. The van der Waals surface area contributed by atoms with Gasteiger partial charge in [0.1, 0.15) is 40.5 Å². The molecule has 0 bridgehead atoms. The zero-order valence-electron chi connectivity index (χ0n) is 38.4. The highest BCUT2D eigenvalue weighted by molar-refractivity contribution is 6.47. The number of anilines is 2. The molecule has 348 valence electrons. The zero-order chi connectivity index (χ0) is 48.1. The number of fused-ring (bicyclic) bond motifs is 2. The van der Waals surface area contributed by atoms with Gasteiger partial charge in [-0.3, -0.25) is 39.5 Å². The molecular weight excluding hydrogens is 847 g/mol. The van der Waals surface area contributed by atoms with Crippen LogP contribution in [-0.4, -0.2) is 104 Å². The Balaban J connectivity index is 0.00000403. The molecule has 4 amide bonds. The van der Waals surface area contributed by atoms with Crippen LogP contribution in [0.3, 0.4) is 0 Å². The largest absolute Gasteiger partial charge is 0.494 e. The van der Waals surface area contributed by atoms with Crippen molar-refractivity contribution >= 4 is 63.3 Å². The van der Waals surface area contributed by atoms with Gasteiger partial charge >= 0.3 is 0 Å². The van der Waals surface area contributed by atoms with E-state index < -0.39 is 23.6 Å². The van der Waals surface area contributed by atoms with Gasteiger partial charge in [-0.25, -0.2) is 15.4 Å². The molecule has 0 aliphatic carbocycles. The molecule has 0 saturated carbocycles. The van der Waals surface area contributed by atoms with Crippen LogP contribution >= 0.6 is 0 Å².